The van der Waals surface area contributed by atoms with Crippen molar-refractivity contribution in [3.63, 3.8) is 0 Å². The number of hydrogen-bond donors (Lipinski definition) is 3. The van der Waals surface area contributed by atoms with Gasteiger partial charge in [-0.25, -0.2) is 19.1 Å². The number of halogens is 1. The molecular formula is C28H27BrN4O4. The minimum Gasteiger partial charge on any atom is -0.493 e. The molecule has 4 aliphatic rings. The highest BCUT2D eigenvalue weighted by molar-refractivity contribution is 9.10. The van der Waals surface area contributed by atoms with Gasteiger partial charge in [0.25, 0.3) is 5.56 Å². The number of nitrogens with zero attached hydrogens (tertiary/aromatic N) is 2. The van der Waals surface area contributed by atoms with Crippen LogP contribution in [0.25, 0.3) is 5.69 Å². The van der Waals surface area contributed by atoms with Crippen LogP contribution in [0, 0.1) is 17.8 Å². The number of urea groups is 1. The van der Waals surface area contributed by atoms with Crippen LogP contribution < -0.4 is 16.6 Å². The molecule has 0 aliphatic heterocycles. The summed E-state index contributed by atoms with van der Waals surface area (Å²) in [5.41, 5.74) is 0.583. The minimum atomic E-state index is -0.830. The molecule has 4 aliphatic carbocycles. The molecule has 0 spiro atoms. The van der Waals surface area contributed by atoms with E-state index < -0.39 is 23.2 Å². The Hall–Kier alpha value is -3.46. The molecule has 8 nitrogen and oxygen atoms in total. The Morgan fingerprint density at radius 1 is 1.00 bits per heavy atom. The van der Waals surface area contributed by atoms with E-state index in [9.17, 15) is 19.5 Å². The predicted octanol–water partition coefficient (Wildman–Crippen LogP) is 5.11. The molecule has 2 amide bonds. The number of rotatable bonds is 4. The lowest BCUT2D eigenvalue weighted by Crippen LogP contribution is -2.48. The number of carbonyl (C=O) groups excluding carboxylic acids is 1. The topological polar surface area (TPSA) is 117 Å². The van der Waals surface area contributed by atoms with Crippen molar-refractivity contribution >= 4 is 33.9 Å². The number of aromatic nitrogens is 2. The van der Waals surface area contributed by atoms with E-state index in [0.717, 1.165) is 33.0 Å². The summed E-state index contributed by atoms with van der Waals surface area (Å²) in [4.78, 5) is 43.2. The third-order valence-corrected chi connectivity index (χ3v) is 8.83. The lowest BCUT2D eigenvalue weighted by molar-refractivity contribution is -0.00518. The number of aliphatic imine (C=N–C) groups is 1. The Morgan fingerprint density at radius 3 is 2.19 bits per heavy atom. The van der Waals surface area contributed by atoms with Crippen LogP contribution in [0.3, 0.4) is 0 Å². The maximum absolute atomic E-state index is 12.6. The molecule has 4 saturated carbocycles. The zero-order valence-corrected chi connectivity index (χ0v) is 21.7. The summed E-state index contributed by atoms with van der Waals surface area (Å²) in [6.07, 6.45) is 8.74. The molecule has 0 radical (unpaired) electrons. The van der Waals surface area contributed by atoms with E-state index in [2.05, 4.69) is 43.4 Å². The van der Waals surface area contributed by atoms with E-state index in [1.165, 1.54) is 44.1 Å². The number of aromatic hydroxyl groups is 1. The quantitative estimate of drug-likeness (QED) is 0.383. The fourth-order valence-corrected chi connectivity index (χ4v) is 7.40. The van der Waals surface area contributed by atoms with Gasteiger partial charge in [-0.15, -0.1) is 0 Å². The Bertz CT molecular complexity index is 1470. The van der Waals surface area contributed by atoms with Gasteiger partial charge in [-0.3, -0.25) is 9.78 Å². The fourth-order valence-electron chi connectivity index (χ4n) is 7.13. The first-order valence-electron chi connectivity index (χ1n) is 12.6. The van der Waals surface area contributed by atoms with E-state index >= 15 is 0 Å². The monoisotopic (exact) mass is 562 g/mol. The van der Waals surface area contributed by atoms with Gasteiger partial charge in [-0.2, -0.15) is 0 Å². The SMILES string of the molecule is O=C(N=Cc1c(O)n(-c2ccc(C34CC5CC(CC(C5)C3)C4)cc2)c(=O)[nH]c1=O)Nc1ccc(Br)cc1. The number of aromatic amines is 1. The predicted molar refractivity (Wildman–Crippen MR) is 145 cm³/mol. The molecule has 190 valence electrons. The lowest BCUT2D eigenvalue weighted by Gasteiger charge is -2.57. The molecule has 7 rings (SSSR count). The molecule has 3 N–H and O–H groups in total. The Balaban J connectivity index is 1.27. The lowest BCUT2D eigenvalue weighted by atomic mass is 9.48. The van der Waals surface area contributed by atoms with Crippen LogP contribution in [-0.2, 0) is 5.41 Å². The van der Waals surface area contributed by atoms with Crippen molar-refractivity contribution in [1.82, 2.24) is 9.55 Å². The summed E-state index contributed by atoms with van der Waals surface area (Å²) < 4.78 is 1.89. The second-order valence-electron chi connectivity index (χ2n) is 10.8. The number of benzene rings is 2. The molecule has 4 fully saturated rings. The molecule has 3 aromatic rings. The summed E-state index contributed by atoms with van der Waals surface area (Å²) >= 11 is 3.32. The molecule has 2 aromatic carbocycles. The van der Waals surface area contributed by atoms with Crippen LogP contribution in [0.1, 0.15) is 49.7 Å². The van der Waals surface area contributed by atoms with Gasteiger partial charge in [0, 0.05) is 10.2 Å². The normalized spacial score (nSPS) is 26.0. The molecular weight excluding hydrogens is 536 g/mol. The number of carbonyl (C=O) groups is 1. The van der Waals surface area contributed by atoms with E-state index in [1.807, 2.05) is 12.1 Å². The highest BCUT2D eigenvalue weighted by Gasteiger charge is 2.51. The van der Waals surface area contributed by atoms with Gasteiger partial charge in [0.15, 0.2) is 0 Å². The van der Waals surface area contributed by atoms with E-state index in [0.29, 0.717) is 11.4 Å². The molecule has 0 saturated heterocycles. The molecule has 9 heteroatoms. The second kappa shape index (κ2) is 9.13. The first-order valence-corrected chi connectivity index (χ1v) is 13.4. The van der Waals surface area contributed by atoms with Crippen molar-refractivity contribution in [2.75, 3.05) is 5.32 Å². The Kier molecular flexibility index (Phi) is 5.90. The van der Waals surface area contributed by atoms with E-state index in [1.54, 1.807) is 24.3 Å². The van der Waals surface area contributed by atoms with E-state index in [4.69, 9.17) is 0 Å². The summed E-state index contributed by atoms with van der Waals surface area (Å²) in [6, 6.07) is 13.9. The number of nitrogens with one attached hydrogen (secondary N) is 2. The van der Waals surface area contributed by atoms with Gasteiger partial charge in [0.05, 0.1) is 11.9 Å². The maximum atomic E-state index is 12.6. The van der Waals surface area contributed by atoms with Crippen LogP contribution >= 0.6 is 15.9 Å². The minimum absolute atomic E-state index is 0.214. The first-order chi connectivity index (χ1) is 17.8. The summed E-state index contributed by atoms with van der Waals surface area (Å²) in [7, 11) is 0. The van der Waals surface area contributed by atoms with Crippen molar-refractivity contribution in [2.24, 2.45) is 22.7 Å². The van der Waals surface area contributed by atoms with Gasteiger partial charge >= 0.3 is 11.7 Å². The molecule has 0 atom stereocenters. The Morgan fingerprint density at radius 2 is 1.59 bits per heavy atom. The van der Waals surface area contributed by atoms with Gasteiger partial charge in [-0.1, -0.05) is 28.1 Å². The summed E-state index contributed by atoms with van der Waals surface area (Å²) in [5, 5.41) is 13.4. The van der Waals surface area contributed by atoms with Crippen LogP contribution in [-0.4, -0.2) is 26.9 Å². The smallest absolute Gasteiger partial charge is 0.345 e. The largest absolute Gasteiger partial charge is 0.493 e. The number of anilines is 1. The summed E-state index contributed by atoms with van der Waals surface area (Å²) in [5.74, 6) is 1.88. The third-order valence-electron chi connectivity index (χ3n) is 8.30. The maximum Gasteiger partial charge on any atom is 0.345 e. The average Bonchev–Trinajstić information content (AvgIpc) is 2.85. The van der Waals surface area contributed by atoms with Crippen LogP contribution in [0.4, 0.5) is 10.5 Å². The van der Waals surface area contributed by atoms with Crippen molar-refractivity contribution in [3.8, 4) is 11.6 Å². The third kappa shape index (κ3) is 4.45. The van der Waals surface area contributed by atoms with Gasteiger partial charge in [-0.05, 0) is 104 Å². The van der Waals surface area contributed by atoms with E-state index in [-0.39, 0.29) is 11.0 Å². The molecule has 37 heavy (non-hydrogen) atoms. The second-order valence-corrected chi connectivity index (χ2v) is 11.7. The van der Waals surface area contributed by atoms with Crippen molar-refractivity contribution in [1.29, 1.82) is 0 Å². The molecule has 1 heterocycles. The van der Waals surface area contributed by atoms with Crippen molar-refractivity contribution in [3.05, 3.63) is 85.0 Å². The summed E-state index contributed by atoms with van der Waals surface area (Å²) in [6.45, 7) is 0. The number of H-pyrrole nitrogens is 1. The molecule has 1 aromatic heterocycles. The van der Waals surface area contributed by atoms with Crippen LogP contribution in [0.5, 0.6) is 5.88 Å². The van der Waals surface area contributed by atoms with Crippen molar-refractivity contribution < 1.29 is 9.90 Å². The van der Waals surface area contributed by atoms with Crippen LogP contribution in [0.2, 0.25) is 0 Å². The highest BCUT2D eigenvalue weighted by Crippen LogP contribution is 2.60. The Labute approximate surface area is 221 Å². The average molecular weight is 563 g/mol. The van der Waals surface area contributed by atoms with Gasteiger partial charge < -0.3 is 10.4 Å². The fraction of sp³-hybridized carbons (Fsp3) is 0.357. The standard InChI is InChI=1S/C28H27BrN4O4/c29-20-3-5-21(6-4-20)31-26(36)30-15-23-24(34)32-27(37)33(25(23)35)22-7-1-19(2-8-22)28-12-16-9-17(13-28)11-18(10-16)14-28/h1-8,15-18,35H,9-14H2,(H,31,36)(H,32,34,37). The first kappa shape index (κ1) is 23.9. The zero-order valence-electron chi connectivity index (χ0n) is 20.1. The molecule has 4 bridgehead atoms. The van der Waals surface area contributed by atoms with Crippen LogP contribution in [0.15, 0.2) is 67.6 Å². The van der Waals surface area contributed by atoms with Crippen molar-refractivity contribution in [2.45, 2.75) is 43.9 Å². The zero-order chi connectivity index (χ0) is 25.7. The van der Waals surface area contributed by atoms with Gasteiger partial charge in [0.2, 0.25) is 5.88 Å². The molecule has 0 unspecified atom stereocenters. The number of amides is 2. The van der Waals surface area contributed by atoms with Gasteiger partial charge in [0.1, 0.15) is 5.56 Å². The highest BCUT2D eigenvalue weighted by atomic mass is 79.9. The number of hydrogen-bond acceptors (Lipinski definition) is 4.